The Hall–Kier alpha value is -2.74. The van der Waals surface area contributed by atoms with E-state index in [0.29, 0.717) is 0 Å². The maximum atomic E-state index is 12.5. The highest BCUT2D eigenvalue weighted by Crippen LogP contribution is 2.30. The van der Waals surface area contributed by atoms with E-state index in [0.717, 1.165) is 24.3 Å². The number of hydrogen-bond acceptors (Lipinski definition) is 5. The van der Waals surface area contributed by atoms with Crippen LogP contribution >= 0.6 is 11.6 Å². The Labute approximate surface area is 133 Å². The van der Waals surface area contributed by atoms with E-state index in [1.165, 1.54) is 18.2 Å². The van der Waals surface area contributed by atoms with Gasteiger partial charge in [-0.25, -0.2) is 18.5 Å². The summed E-state index contributed by atoms with van der Waals surface area (Å²) in [5.74, 6) is -1.21. The maximum Gasteiger partial charge on any atom is 0.393 e. The average Bonchev–Trinajstić information content (AvgIpc) is 2.52. The Morgan fingerprint density at radius 3 is 2.52 bits per heavy atom. The molecule has 0 radical (unpaired) electrons. The lowest BCUT2D eigenvalue weighted by molar-refractivity contribution is -0.385. The average molecular weight is 344 g/mol. The number of halogens is 3. The van der Waals surface area contributed by atoms with Gasteiger partial charge >= 0.3 is 5.97 Å². The molecule has 2 aromatic rings. The largest absolute Gasteiger partial charge is 0.393 e. The first kappa shape index (κ1) is 16.6. The summed E-state index contributed by atoms with van der Waals surface area (Å²) < 4.78 is 25.1. The van der Waals surface area contributed by atoms with Crippen molar-refractivity contribution in [2.45, 2.75) is 6.43 Å². The summed E-state index contributed by atoms with van der Waals surface area (Å²) in [6, 6.07) is 8.30. The molecule has 0 amide bonds. The minimum Gasteiger partial charge on any atom is -0.287 e. The van der Waals surface area contributed by atoms with Crippen LogP contribution in [-0.2, 0) is 4.89 Å². The summed E-state index contributed by atoms with van der Waals surface area (Å²) in [4.78, 5) is 31.0. The molecule has 6 nitrogen and oxygen atoms in total. The van der Waals surface area contributed by atoms with Crippen LogP contribution in [0.15, 0.2) is 42.5 Å². The summed E-state index contributed by atoms with van der Waals surface area (Å²) in [5, 5.41) is 10.6. The third-order valence-electron chi connectivity index (χ3n) is 2.74. The van der Waals surface area contributed by atoms with Gasteiger partial charge in [-0.2, -0.15) is 0 Å². The Morgan fingerprint density at radius 2 is 1.91 bits per heavy atom. The van der Waals surface area contributed by atoms with Gasteiger partial charge in [-0.15, -0.1) is 0 Å². The lowest BCUT2D eigenvalue weighted by Gasteiger charge is -2.07. The number of carbonyl (C=O) groups is 1. The second-order valence-electron chi connectivity index (χ2n) is 4.21. The van der Waals surface area contributed by atoms with E-state index in [-0.39, 0.29) is 16.3 Å². The van der Waals surface area contributed by atoms with E-state index < -0.39 is 28.6 Å². The zero-order valence-corrected chi connectivity index (χ0v) is 12.0. The smallest absolute Gasteiger partial charge is 0.287 e. The van der Waals surface area contributed by atoms with Gasteiger partial charge in [0.1, 0.15) is 5.56 Å². The number of nitrogens with zero attached hydrogens (tertiary/aromatic N) is 1. The third-order valence-corrected chi connectivity index (χ3v) is 3.07. The predicted octanol–water partition coefficient (Wildman–Crippen LogP) is 4.34. The van der Waals surface area contributed by atoms with Gasteiger partial charge in [0, 0.05) is 17.7 Å². The number of hydrogen-bond donors (Lipinski definition) is 0. The molecule has 0 unspecified atom stereocenters. The molecule has 0 N–H and O–H groups in total. The van der Waals surface area contributed by atoms with E-state index in [1.54, 1.807) is 0 Å². The first-order valence-corrected chi connectivity index (χ1v) is 6.48. The van der Waals surface area contributed by atoms with Crippen molar-refractivity contribution in [2.75, 3.05) is 0 Å². The molecule has 2 rings (SSSR count). The van der Waals surface area contributed by atoms with Crippen LogP contribution in [0.3, 0.4) is 0 Å². The lowest BCUT2D eigenvalue weighted by Crippen LogP contribution is -2.10. The number of para-hydroxylation sites is 1. The van der Waals surface area contributed by atoms with Crippen molar-refractivity contribution in [3.05, 3.63) is 68.7 Å². The third kappa shape index (κ3) is 3.92. The first-order valence-electron chi connectivity index (χ1n) is 6.10. The Kier molecular flexibility index (Phi) is 5.07. The summed E-state index contributed by atoms with van der Waals surface area (Å²) in [7, 11) is 0. The van der Waals surface area contributed by atoms with Gasteiger partial charge < -0.3 is 0 Å². The molecule has 0 bridgehead atoms. The molecule has 0 aliphatic carbocycles. The molecule has 2 aromatic carbocycles. The summed E-state index contributed by atoms with van der Waals surface area (Å²) in [6.07, 6.45) is -2.76. The number of carbonyl (C=O) groups excluding carboxylic acids is 1. The van der Waals surface area contributed by atoms with Gasteiger partial charge in [-0.05, 0) is 18.2 Å². The molecule has 0 heterocycles. The summed E-state index contributed by atoms with van der Waals surface area (Å²) >= 11 is 5.63. The Balaban J connectivity index is 2.11. The maximum absolute atomic E-state index is 12.5. The molecule has 120 valence electrons. The van der Waals surface area contributed by atoms with E-state index >= 15 is 0 Å². The van der Waals surface area contributed by atoms with Gasteiger partial charge in [0.15, 0.2) is 5.75 Å². The molecule has 9 heteroatoms. The second kappa shape index (κ2) is 7.01. The van der Waals surface area contributed by atoms with Crippen molar-refractivity contribution in [1.82, 2.24) is 0 Å². The van der Waals surface area contributed by atoms with Gasteiger partial charge in [-0.3, -0.25) is 15.0 Å². The molecule has 23 heavy (non-hydrogen) atoms. The lowest BCUT2D eigenvalue weighted by atomic mass is 10.2. The highest BCUT2D eigenvalue weighted by atomic mass is 35.5. The van der Waals surface area contributed by atoms with E-state index in [4.69, 9.17) is 11.6 Å². The van der Waals surface area contributed by atoms with Crippen molar-refractivity contribution in [3.8, 4) is 5.75 Å². The fourth-order valence-electron chi connectivity index (χ4n) is 1.67. The SMILES string of the molecule is O=C(OOc1ccc(C(F)F)c(Cl)c1)c1ccccc1[N+](=O)[O-]. The predicted molar refractivity (Wildman–Crippen MR) is 75.5 cm³/mol. The number of alkyl halides is 2. The normalized spacial score (nSPS) is 10.4. The van der Waals surface area contributed by atoms with Gasteiger partial charge in [0.2, 0.25) is 0 Å². The minimum atomic E-state index is -2.76. The topological polar surface area (TPSA) is 78.7 Å². The molecule has 0 atom stereocenters. The number of rotatable bonds is 5. The van der Waals surface area contributed by atoms with Crippen molar-refractivity contribution in [2.24, 2.45) is 0 Å². The molecule has 0 spiro atoms. The van der Waals surface area contributed by atoms with Crippen LogP contribution in [0, 0.1) is 10.1 Å². The number of nitro groups is 1. The van der Waals surface area contributed by atoms with E-state index in [1.807, 2.05) is 0 Å². The summed E-state index contributed by atoms with van der Waals surface area (Å²) in [5.41, 5.74) is -1.16. The quantitative estimate of drug-likeness (QED) is 0.458. The van der Waals surface area contributed by atoms with Crippen LogP contribution < -0.4 is 4.89 Å². The van der Waals surface area contributed by atoms with Crippen LogP contribution in [0.4, 0.5) is 14.5 Å². The fourth-order valence-corrected chi connectivity index (χ4v) is 1.93. The zero-order chi connectivity index (χ0) is 17.0. The van der Waals surface area contributed by atoms with Crippen molar-refractivity contribution >= 4 is 23.3 Å². The fraction of sp³-hybridized carbons (Fsp3) is 0.0714. The highest BCUT2D eigenvalue weighted by Gasteiger charge is 2.22. The highest BCUT2D eigenvalue weighted by molar-refractivity contribution is 6.31. The Bertz CT molecular complexity index is 754. The monoisotopic (exact) mass is 343 g/mol. The van der Waals surface area contributed by atoms with Crippen molar-refractivity contribution in [3.63, 3.8) is 0 Å². The molecule has 0 aromatic heterocycles. The standard InChI is InChI=1S/C14H8ClF2NO5/c15-11-7-8(5-6-9(11)13(16)17)22-23-14(19)10-3-1-2-4-12(10)18(20)21/h1-7,13H. The van der Waals surface area contributed by atoms with Crippen molar-refractivity contribution < 1.29 is 28.3 Å². The molecule has 0 aliphatic rings. The van der Waals surface area contributed by atoms with Crippen molar-refractivity contribution in [1.29, 1.82) is 0 Å². The van der Waals surface area contributed by atoms with Gasteiger partial charge in [-0.1, -0.05) is 23.7 Å². The van der Waals surface area contributed by atoms with E-state index in [2.05, 4.69) is 9.78 Å². The Morgan fingerprint density at radius 1 is 1.22 bits per heavy atom. The molecule has 0 saturated heterocycles. The molecular formula is C14H8ClF2NO5. The minimum absolute atomic E-state index is 0.105. The van der Waals surface area contributed by atoms with Crippen LogP contribution in [0.1, 0.15) is 22.3 Å². The molecular weight excluding hydrogens is 336 g/mol. The second-order valence-corrected chi connectivity index (χ2v) is 4.62. The van der Waals surface area contributed by atoms with E-state index in [9.17, 15) is 23.7 Å². The first-order chi connectivity index (χ1) is 10.9. The molecule has 0 fully saturated rings. The zero-order valence-electron chi connectivity index (χ0n) is 11.2. The molecule has 0 aliphatic heterocycles. The van der Waals surface area contributed by atoms with Crippen LogP contribution in [0.2, 0.25) is 5.02 Å². The van der Waals surface area contributed by atoms with Crippen LogP contribution in [0.25, 0.3) is 0 Å². The number of nitro benzene ring substituents is 1. The van der Waals surface area contributed by atoms with Gasteiger partial charge in [0.25, 0.3) is 12.1 Å². The van der Waals surface area contributed by atoms with Crippen LogP contribution in [0.5, 0.6) is 5.75 Å². The van der Waals surface area contributed by atoms with Crippen LogP contribution in [-0.4, -0.2) is 10.9 Å². The van der Waals surface area contributed by atoms with Gasteiger partial charge in [0.05, 0.1) is 9.95 Å². The summed E-state index contributed by atoms with van der Waals surface area (Å²) in [6.45, 7) is 0. The molecule has 0 saturated carbocycles. The number of benzene rings is 2.